The van der Waals surface area contributed by atoms with Crippen LogP contribution in [0.25, 0.3) is 0 Å². The van der Waals surface area contributed by atoms with Gasteiger partial charge in [0.05, 0.1) is 0 Å². The smallest absolute Gasteiger partial charge is 0.255 e. The average Bonchev–Trinajstić information content (AvgIpc) is 2.48. The van der Waals surface area contributed by atoms with Gasteiger partial charge in [-0.15, -0.1) is 0 Å². The van der Waals surface area contributed by atoms with Gasteiger partial charge in [0.25, 0.3) is 5.91 Å². The summed E-state index contributed by atoms with van der Waals surface area (Å²) >= 11 is 3.39. The van der Waals surface area contributed by atoms with Gasteiger partial charge in [0.2, 0.25) is 0 Å². The molecule has 0 saturated carbocycles. The van der Waals surface area contributed by atoms with Crippen molar-refractivity contribution >= 4 is 33.2 Å². The van der Waals surface area contributed by atoms with E-state index in [0.717, 1.165) is 22.3 Å². The highest BCUT2D eigenvalue weighted by atomic mass is 79.9. The Morgan fingerprint density at radius 1 is 1.05 bits per heavy atom. The Morgan fingerprint density at radius 3 is 2.15 bits per heavy atom. The molecule has 0 radical (unpaired) electrons. The van der Waals surface area contributed by atoms with E-state index in [1.807, 2.05) is 67.5 Å². The number of amides is 1. The van der Waals surface area contributed by atoms with Gasteiger partial charge in [-0.1, -0.05) is 28.1 Å². The van der Waals surface area contributed by atoms with Crippen molar-refractivity contribution in [1.82, 2.24) is 0 Å². The largest absolute Gasteiger partial charge is 0.378 e. The van der Waals surface area contributed by atoms with Crippen LogP contribution >= 0.6 is 15.9 Å². The molecule has 0 bridgehead atoms. The van der Waals surface area contributed by atoms with E-state index in [9.17, 15) is 4.79 Å². The molecule has 0 fully saturated rings. The van der Waals surface area contributed by atoms with Crippen molar-refractivity contribution in [3.63, 3.8) is 0 Å². The molecule has 1 amide bonds. The Labute approximate surface area is 127 Å². The van der Waals surface area contributed by atoms with Crippen molar-refractivity contribution in [2.75, 3.05) is 24.3 Å². The fourth-order valence-corrected chi connectivity index (χ4v) is 2.17. The van der Waals surface area contributed by atoms with Crippen molar-refractivity contribution in [2.24, 2.45) is 0 Å². The van der Waals surface area contributed by atoms with E-state index < -0.39 is 0 Å². The summed E-state index contributed by atoms with van der Waals surface area (Å²) in [5.41, 5.74) is 3.71. The summed E-state index contributed by atoms with van der Waals surface area (Å²) < 4.78 is 0. The molecule has 0 heterocycles. The molecule has 4 heteroatoms. The van der Waals surface area contributed by atoms with Gasteiger partial charge >= 0.3 is 0 Å². The highest BCUT2D eigenvalue weighted by Gasteiger charge is 2.06. The highest BCUT2D eigenvalue weighted by molar-refractivity contribution is 9.08. The van der Waals surface area contributed by atoms with E-state index >= 15 is 0 Å². The van der Waals surface area contributed by atoms with Crippen LogP contribution in [0.1, 0.15) is 15.9 Å². The summed E-state index contributed by atoms with van der Waals surface area (Å²) in [6.45, 7) is 0. The van der Waals surface area contributed by atoms with E-state index in [2.05, 4.69) is 21.2 Å². The highest BCUT2D eigenvalue weighted by Crippen LogP contribution is 2.16. The van der Waals surface area contributed by atoms with Crippen LogP contribution in [0.3, 0.4) is 0 Å². The second-order valence-electron chi connectivity index (χ2n) is 4.73. The first-order valence-electron chi connectivity index (χ1n) is 6.34. The van der Waals surface area contributed by atoms with Crippen LogP contribution in [0.2, 0.25) is 0 Å². The lowest BCUT2D eigenvalue weighted by molar-refractivity contribution is 0.102. The molecule has 20 heavy (non-hydrogen) atoms. The number of hydrogen-bond acceptors (Lipinski definition) is 2. The lowest BCUT2D eigenvalue weighted by atomic mass is 10.1. The first-order chi connectivity index (χ1) is 9.60. The summed E-state index contributed by atoms with van der Waals surface area (Å²) in [6.07, 6.45) is 0. The van der Waals surface area contributed by atoms with Gasteiger partial charge < -0.3 is 10.2 Å². The zero-order chi connectivity index (χ0) is 14.5. The number of nitrogens with one attached hydrogen (secondary N) is 1. The summed E-state index contributed by atoms with van der Waals surface area (Å²) in [4.78, 5) is 14.1. The predicted octanol–water partition coefficient (Wildman–Crippen LogP) is 3.90. The summed E-state index contributed by atoms with van der Waals surface area (Å²) in [5.74, 6) is -0.0938. The molecule has 0 aliphatic heterocycles. The van der Waals surface area contributed by atoms with E-state index in [0.29, 0.717) is 5.56 Å². The van der Waals surface area contributed by atoms with Crippen molar-refractivity contribution in [1.29, 1.82) is 0 Å². The predicted molar refractivity (Wildman–Crippen MR) is 87.8 cm³/mol. The molecule has 104 valence electrons. The minimum Gasteiger partial charge on any atom is -0.378 e. The first-order valence-corrected chi connectivity index (χ1v) is 7.46. The Balaban J connectivity index is 2.06. The fraction of sp³-hybridized carbons (Fsp3) is 0.188. The van der Waals surface area contributed by atoms with E-state index in [1.54, 1.807) is 0 Å². The van der Waals surface area contributed by atoms with Crippen LogP contribution in [0.15, 0.2) is 48.5 Å². The summed E-state index contributed by atoms with van der Waals surface area (Å²) in [6, 6.07) is 15.3. The lowest BCUT2D eigenvalue weighted by Gasteiger charge is -2.13. The number of nitrogens with zero attached hydrogens (tertiary/aromatic N) is 1. The topological polar surface area (TPSA) is 32.3 Å². The van der Waals surface area contributed by atoms with E-state index in [4.69, 9.17) is 0 Å². The van der Waals surface area contributed by atoms with Gasteiger partial charge in [0, 0.05) is 36.4 Å². The minimum atomic E-state index is -0.0938. The van der Waals surface area contributed by atoms with Gasteiger partial charge in [-0.25, -0.2) is 0 Å². The average molecular weight is 333 g/mol. The number of benzene rings is 2. The van der Waals surface area contributed by atoms with Crippen LogP contribution in [0.4, 0.5) is 11.4 Å². The molecular weight excluding hydrogens is 316 g/mol. The molecule has 2 aromatic rings. The number of rotatable bonds is 4. The zero-order valence-corrected chi connectivity index (χ0v) is 13.1. The van der Waals surface area contributed by atoms with Gasteiger partial charge in [-0.05, 0) is 42.0 Å². The molecule has 0 aliphatic carbocycles. The number of anilines is 2. The van der Waals surface area contributed by atoms with Gasteiger partial charge in [0.1, 0.15) is 0 Å². The van der Waals surface area contributed by atoms with Crippen LogP contribution in [-0.2, 0) is 5.33 Å². The minimum absolute atomic E-state index is 0.0938. The Morgan fingerprint density at radius 2 is 1.65 bits per heavy atom. The third-order valence-electron chi connectivity index (χ3n) is 3.01. The number of carbonyl (C=O) groups is 1. The third kappa shape index (κ3) is 3.61. The van der Waals surface area contributed by atoms with Crippen molar-refractivity contribution < 1.29 is 4.79 Å². The molecule has 2 rings (SSSR count). The Bertz CT molecular complexity index is 576. The maximum Gasteiger partial charge on any atom is 0.255 e. The quantitative estimate of drug-likeness (QED) is 0.861. The maximum absolute atomic E-state index is 12.1. The first kappa shape index (κ1) is 14.6. The zero-order valence-electron chi connectivity index (χ0n) is 11.6. The molecule has 1 N–H and O–H groups in total. The molecule has 0 spiro atoms. The van der Waals surface area contributed by atoms with Crippen LogP contribution < -0.4 is 10.2 Å². The number of alkyl halides is 1. The second-order valence-corrected chi connectivity index (χ2v) is 5.29. The molecule has 0 aliphatic rings. The number of halogens is 1. The molecule has 0 saturated heterocycles. The van der Waals surface area contributed by atoms with Crippen molar-refractivity contribution in [3.8, 4) is 0 Å². The maximum atomic E-state index is 12.1. The van der Waals surface area contributed by atoms with Crippen LogP contribution in [-0.4, -0.2) is 20.0 Å². The second kappa shape index (κ2) is 6.57. The van der Waals surface area contributed by atoms with Crippen molar-refractivity contribution in [2.45, 2.75) is 5.33 Å². The molecule has 0 unspecified atom stereocenters. The van der Waals surface area contributed by atoms with E-state index in [1.165, 1.54) is 0 Å². The number of carbonyl (C=O) groups excluding carboxylic acids is 1. The van der Waals surface area contributed by atoms with E-state index in [-0.39, 0.29) is 5.91 Å². The normalized spacial score (nSPS) is 10.2. The lowest BCUT2D eigenvalue weighted by Crippen LogP contribution is -2.12. The summed E-state index contributed by atoms with van der Waals surface area (Å²) in [5, 5.41) is 3.69. The summed E-state index contributed by atoms with van der Waals surface area (Å²) in [7, 11) is 3.97. The van der Waals surface area contributed by atoms with Crippen molar-refractivity contribution in [3.05, 3.63) is 59.7 Å². The molecule has 2 aromatic carbocycles. The van der Waals surface area contributed by atoms with Gasteiger partial charge in [-0.3, -0.25) is 4.79 Å². The molecular formula is C16H17BrN2O. The third-order valence-corrected chi connectivity index (χ3v) is 3.66. The van der Waals surface area contributed by atoms with Gasteiger partial charge in [-0.2, -0.15) is 0 Å². The Hall–Kier alpha value is -1.81. The Kier molecular flexibility index (Phi) is 4.79. The van der Waals surface area contributed by atoms with Crippen LogP contribution in [0.5, 0.6) is 0 Å². The molecule has 0 atom stereocenters. The number of hydrogen-bond donors (Lipinski definition) is 1. The fourth-order valence-electron chi connectivity index (χ4n) is 1.79. The standard InChI is InChI=1S/C16H17BrN2O/c1-19(2)15-9-7-14(8-10-15)18-16(20)13-5-3-12(11-17)4-6-13/h3-10H,11H2,1-2H3,(H,18,20). The monoisotopic (exact) mass is 332 g/mol. The SMILES string of the molecule is CN(C)c1ccc(NC(=O)c2ccc(CBr)cc2)cc1. The van der Waals surface area contributed by atoms with Gasteiger partial charge in [0.15, 0.2) is 0 Å². The molecule has 3 nitrogen and oxygen atoms in total. The molecule has 0 aromatic heterocycles. The van der Waals surface area contributed by atoms with Crippen LogP contribution in [0, 0.1) is 0 Å².